The number of anilines is 1. The van der Waals surface area contributed by atoms with Gasteiger partial charge < -0.3 is 25.3 Å². The molecule has 1 amide bonds. The zero-order chi connectivity index (χ0) is 15.7. The van der Waals surface area contributed by atoms with E-state index in [-0.39, 0.29) is 17.6 Å². The number of hydrogen-bond acceptors (Lipinski definition) is 5. The third-order valence-corrected chi connectivity index (χ3v) is 3.92. The molecule has 1 aromatic rings. The highest BCUT2D eigenvalue weighted by Crippen LogP contribution is 2.40. The van der Waals surface area contributed by atoms with Crippen LogP contribution in [0, 0.1) is 0 Å². The molecule has 1 aromatic carbocycles. The van der Waals surface area contributed by atoms with E-state index in [0.717, 1.165) is 11.3 Å². The molecular weight excluding hydrogens is 284 g/mol. The van der Waals surface area contributed by atoms with Crippen LogP contribution in [-0.2, 0) is 14.3 Å². The first kappa shape index (κ1) is 15.1. The van der Waals surface area contributed by atoms with E-state index in [1.165, 1.54) is 0 Å². The Hall–Kier alpha value is -1.79. The van der Waals surface area contributed by atoms with E-state index >= 15 is 0 Å². The Morgan fingerprint density at radius 3 is 2.91 bits per heavy atom. The Morgan fingerprint density at radius 2 is 2.18 bits per heavy atom. The Balaban J connectivity index is 1.80. The summed E-state index contributed by atoms with van der Waals surface area (Å²) in [6, 6.07) is 5.36. The molecule has 2 atom stereocenters. The molecule has 2 aliphatic rings. The van der Waals surface area contributed by atoms with Gasteiger partial charge in [0.15, 0.2) is 6.10 Å². The van der Waals surface area contributed by atoms with Crippen molar-refractivity contribution < 1.29 is 19.0 Å². The minimum Gasteiger partial charge on any atom is -0.487 e. The fourth-order valence-electron chi connectivity index (χ4n) is 2.91. The first-order valence-corrected chi connectivity index (χ1v) is 7.53. The third kappa shape index (κ3) is 3.18. The lowest BCUT2D eigenvalue weighted by atomic mass is 9.89. The monoisotopic (exact) mass is 306 g/mol. The average Bonchev–Trinajstić information content (AvgIpc) is 2.48. The second kappa shape index (κ2) is 5.78. The lowest BCUT2D eigenvalue weighted by molar-refractivity contribution is -0.148. The van der Waals surface area contributed by atoms with Gasteiger partial charge in [0, 0.05) is 17.7 Å². The zero-order valence-electron chi connectivity index (χ0n) is 12.9. The van der Waals surface area contributed by atoms with Crippen molar-refractivity contribution in [2.45, 2.75) is 38.0 Å². The molecule has 2 aliphatic heterocycles. The Kier molecular flexibility index (Phi) is 3.97. The summed E-state index contributed by atoms with van der Waals surface area (Å²) in [6.07, 6.45) is 0.118. The molecule has 0 spiro atoms. The molecule has 3 N–H and O–H groups in total. The molecular formula is C16H22N2O4. The molecule has 3 rings (SSSR count). The van der Waals surface area contributed by atoms with Gasteiger partial charge in [0.05, 0.1) is 25.9 Å². The molecule has 0 radical (unpaired) electrons. The highest BCUT2D eigenvalue weighted by Gasteiger charge is 2.36. The van der Waals surface area contributed by atoms with E-state index in [4.69, 9.17) is 19.9 Å². The molecule has 0 aliphatic carbocycles. The molecule has 120 valence electrons. The number of amides is 1. The number of ether oxygens (including phenoxy) is 3. The van der Waals surface area contributed by atoms with Gasteiger partial charge in [-0.1, -0.05) is 0 Å². The van der Waals surface area contributed by atoms with Crippen molar-refractivity contribution in [2.75, 3.05) is 25.6 Å². The highest BCUT2D eigenvalue weighted by molar-refractivity contribution is 5.81. The van der Waals surface area contributed by atoms with Gasteiger partial charge in [0.1, 0.15) is 11.4 Å². The first-order valence-electron chi connectivity index (χ1n) is 7.53. The van der Waals surface area contributed by atoms with Crippen LogP contribution in [0.25, 0.3) is 0 Å². The summed E-state index contributed by atoms with van der Waals surface area (Å²) < 4.78 is 16.7. The van der Waals surface area contributed by atoms with Gasteiger partial charge in [0.2, 0.25) is 0 Å². The van der Waals surface area contributed by atoms with Crippen LogP contribution in [0.3, 0.4) is 0 Å². The molecule has 6 heteroatoms. The van der Waals surface area contributed by atoms with Gasteiger partial charge in [-0.2, -0.15) is 0 Å². The maximum absolute atomic E-state index is 12.4. The van der Waals surface area contributed by atoms with Crippen LogP contribution >= 0.6 is 0 Å². The lowest BCUT2D eigenvalue weighted by Crippen LogP contribution is -2.47. The minimum absolute atomic E-state index is 0.153. The minimum atomic E-state index is -0.552. The summed E-state index contributed by atoms with van der Waals surface area (Å²) in [5.41, 5.74) is 7.07. The lowest BCUT2D eigenvalue weighted by Gasteiger charge is -2.38. The Labute approximate surface area is 129 Å². The second-order valence-corrected chi connectivity index (χ2v) is 6.36. The van der Waals surface area contributed by atoms with Crippen molar-refractivity contribution in [1.29, 1.82) is 0 Å². The smallest absolute Gasteiger partial charge is 0.252 e. The summed E-state index contributed by atoms with van der Waals surface area (Å²) >= 11 is 0. The summed E-state index contributed by atoms with van der Waals surface area (Å²) in [7, 11) is 0. The number of benzene rings is 1. The standard InChI is InChI=1S/C16H22N2O4/c1-16(2)8-12(11-7-10(17)3-4-13(11)22-16)18-15(19)14-9-20-5-6-21-14/h3-4,7,12,14H,5-6,8-9,17H2,1-2H3,(H,18,19). The van der Waals surface area contributed by atoms with Crippen LogP contribution in [-0.4, -0.2) is 37.4 Å². The van der Waals surface area contributed by atoms with Crippen molar-refractivity contribution in [3.8, 4) is 5.75 Å². The van der Waals surface area contributed by atoms with Crippen LogP contribution < -0.4 is 15.8 Å². The molecule has 1 fully saturated rings. The van der Waals surface area contributed by atoms with Crippen LogP contribution in [0.5, 0.6) is 5.75 Å². The molecule has 0 bridgehead atoms. The van der Waals surface area contributed by atoms with Crippen LogP contribution in [0.4, 0.5) is 5.69 Å². The molecule has 1 saturated heterocycles. The van der Waals surface area contributed by atoms with E-state index < -0.39 is 6.10 Å². The zero-order valence-corrected chi connectivity index (χ0v) is 12.9. The number of fused-ring (bicyclic) bond motifs is 1. The Morgan fingerprint density at radius 1 is 1.36 bits per heavy atom. The van der Waals surface area contributed by atoms with E-state index in [9.17, 15) is 4.79 Å². The van der Waals surface area contributed by atoms with Crippen molar-refractivity contribution in [3.05, 3.63) is 23.8 Å². The van der Waals surface area contributed by atoms with Crippen molar-refractivity contribution in [3.63, 3.8) is 0 Å². The van der Waals surface area contributed by atoms with E-state index in [1.54, 1.807) is 6.07 Å². The number of hydrogen-bond donors (Lipinski definition) is 2. The second-order valence-electron chi connectivity index (χ2n) is 6.36. The quantitative estimate of drug-likeness (QED) is 0.807. The maximum atomic E-state index is 12.4. The summed E-state index contributed by atoms with van der Waals surface area (Å²) in [5.74, 6) is 0.604. The molecule has 2 unspecified atom stereocenters. The molecule has 6 nitrogen and oxygen atoms in total. The van der Waals surface area contributed by atoms with Gasteiger partial charge in [-0.15, -0.1) is 0 Å². The first-order chi connectivity index (χ1) is 10.4. The largest absolute Gasteiger partial charge is 0.487 e. The average molecular weight is 306 g/mol. The van der Waals surface area contributed by atoms with Gasteiger partial charge in [-0.25, -0.2) is 0 Å². The van der Waals surface area contributed by atoms with Gasteiger partial charge in [-0.05, 0) is 32.0 Å². The molecule has 0 saturated carbocycles. The number of nitrogens with one attached hydrogen (secondary N) is 1. The van der Waals surface area contributed by atoms with Crippen molar-refractivity contribution in [1.82, 2.24) is 5.32 Å². The number of carbonyl (C=O) groups is 1. The summed E-state index contributed by atoms with van der Waals surface area (Å²) in [6.45, 7) is 5.29. The van der Waals surface area contributed by atoms with E-state index in [1.807, 2.05) is 26.0 Å². The van der Waals surface area contributed by atoms with Crippen LogP contribution in [0.1, 0.15) is 31.9 Å². The van der Waals surface area contributed by atoms with Crippen LogP contribution in [0.15, 0.2) is 18.2 Å². The van der Waals surface area contributed by atoms with Crippen LogP contribution in [0.2, 0.25) is 0 Å². The van der Waals surface area contributed by atoms with E-state index in [2.05, 4.69) is 5.32 Å². The van der Waals surface area contributed by atoms with E-state index in [0.29, 0.717) is 31.9 Å². The number of carbonyl (C=O) groups excluding carboxylic acids is 1. The molecule has 22 heavy (non-hydrogen) atoms. The fourth-order valence-corrected chi connectivity index (χ4v) is 2.91. The third-order valence-electron chi connectivity index (χ3n) is 3.92. The van der Waals surface area contributed by atoms with Gasteiger partial charge in [-0.3, -0.25) is 4.79 Å². The Bertz CT molecular complexity index is 567. The normalized spacial score (nSPS) is 26.6. The summed E-state index contributed by atoms with van der Waals surface area (Å²) in [5, 5.41) is 3.05. The molecule has 2 heterocycles. The number of nitrogens with two attached hydrogens (primary N) is 1. The fraction of sp³-hybridized carbons (Fsp3) is 0.562. The molecule has 0 aromatic heterocycles. The van der Waals surface area contributed by atoms with Crippen molar-refractivity contribution in [2.24, 2.45) is 0 Å². The topological polar surface area (TPSA) is 82.8 Å². The predicted octanol–water partition coefficient (Wildman–Crippen LogP) is 1.40. The number of rotatable bonds is 2. The van der Waals surface area contributed by atoms with Gasteiger partial charge >= 0.3 is 0 Å². The number of nitrogen functional groups attached to an aromatic ring is 1. The SMILES string of the molecule is CC1(C)CC(NC(=O)C2COCCO2)c2cc(N)ccc2O1. The maximum Gasteiger partial charge on any atom is 0.252 e. The van der Waals surface area contributed by atoms with Gasteiger partial charge in [0.25, 0.3) is 5.91 Å². The summed E-state index contributed by atoms with van der Waals surface area (Å²) in [4.78, 5) is 12.4. The highest BCUT2D eigenvalue weighted by atomic mass is 16.6. The predicted molar refractivity (Wildman–Crippen MR) is 81.6 cm³/mol. The van der Waals surface area contributed by atoms with Crippen molar-refractivity contribution >= 4 is 11.6 Å².